The van der Waals surface area contributed by atoms with Crippen LogP contribution < -0.4 is 0 Å². The van der Waals surface area contributed by atoms with E-state index in [0.717, 1.165) is 25.9 Å². The zero-order chi connectivity index (χ0) is 13.1. The molecule has 1 amide bonds. The third-order valence-corrected chi connectivity index (χ3v) is 4.32. The summed E-state index contributed by atoms with van der Waals surface area (Å²) in [6.45, 7) is 3.67. The van der Waals surface area contributed by atoms with E-state index in [4.69, 9.17) is 5.11 Å². The van der Waals surface area contributed by atoms with Crippen molar-refractivity contribution >= 4 is 11.9 Å². The Hall–Kier alpha value is -1.06. The third kappa shape index (κ3) is 3.47. The summed E-state index contributed by atoms with van der Waals surface area (Å²) in [5, 5.41) is 8.71. The van der Waals surface area contributed by atoms with Crippen LogP contribution in [0.4, 0.5) is 0 Å². The fraction of sp³-hybridized carbons (Fsp3) is 0.857. The molecule has 102 valence electrons. The van der Waals surface area contributed by atoms with Gasteiger partial charge in [0.15, 0.2) is 0 Å². The summed E-state index contributed by atoms with van der Waals surface area (Å²) in [5.41, 5.74) is 0. The quantitative estimate of drug-likeness (QED) is 0.816. The summed E-state index contributed by atoms with van der Waals surface area (Å²) in [4.78, 5) is 24.8. The monoisotopic (exact) mass is 253 g/mol. The molecule has 4 nitrogen and oxygen atoms in total. The zero-order valence-corrected chi connectivity index (χ0v) is 11.1. The van der Waals surface area contributed by atoms with Gasteiger partial charge in [-0.25, -0.2) is 0 Å². The SMILES string of the molecule is CC(C(=O)N1CCCC(CCC(=O)O)C1)C1CC1. The largest absolute Gasteiger partial charge is 0.481 e. The van der Waals surface area contributed by atoms with Gasteiger partial charge in [-0.05, 0) is 43.9 Å². The zero-order valence-electron chi connectivity index (χ0n) is 11.1. The second kappa shape index (κ2) is 5.72. The normalized spacial score (nSPS) is 25.8. The van der Waals surface area contributed by atoms with E-state index in [0.29, 0.717) is 18.3 Å². The summed E-state index contributed by atoms with van der Waals surface area (Å²) < 4.78 is 0. The van der Waals surface area contributed by atoms with Gasteiger partial charge >= 0.3 is 5.97 Å². The van der Waals surface area contributed by atoms with Crippen molar-refractivity contribution in [3.8, 4) is 0 Å². The number of aliphatic carboxylic acids is 1. The lowest BCUT2D eigenvalue weighted by Gasteiger charge is -2.34. The Labute approximate surface area is 108 Å². The number of piperidine rings is 1. The molecule has 2 rings (SSSR count). The molecule has 0 spiro atoms. The van der Waals surface area contributed by atoms with Crippen molar-refractivity contribution in [1.29, 1.82) is 0 Å². The van der Waals surface area contributed by atoms with Crippen LogP contribution in [0, 0.1) is 17.8 Å². The van der Waals surface area contributed by atoms with Crippen LogP contribution in [0.2, 0.25) is 0 Å². The molecule has 0 radical (unpaired) electrons. The topological polar surface area (TPSA) is 57.6 Å². The van der Waals surface area contributed by atoms with Crippen LogP contribution in [0.15, 0.2) is 0 Å². The highest BCUT2D eigenvalue weighted by molar-refractivity contribution is 5.79. The second-order valence-corrected chi connectivity index (χ2v) is 5.85. The Morgan fingerprint density at radius 3 is 2.67 bits per heavy atom. The minimum Gasteiger partial charge on any atom is -0.481 e. The fourth-order valence-electron chi connectivity index (χ4n) is 2.91. The minimum absolute atomic E-state index is 0.170. The molecule has 0 aromatic carbocycles. The summed E-state index contributed by atoms with van der Waals surface area (Å²) in [6, 6.07) is 0. The average Bonchev–Trinajstić information content (AvgIpc) is 3.19. The molecule has 2 fully saturated rings. The van der Waals surface area contributed by atoms with Crippen LogP contribution in [-0.4, -0.2) is 35.0 Å². The van der Waals surface area contributed by atoms with Gasteiger partial charge in [-0.15, -0.1) is 0 Å². The van der Waals surface area contributed by atoms with E-state index in [1.807, 2.05) is 11.8 Å². The molecule has 2 atom stereocenters. The molecule has 0 aromatic heterocycles. The van der Waals surface area contributed by atoms with Crippen molar-refractivity contribution in [2.75, 3.05) is 13.1 Å². The van der Waals surface area contributed by atoms with Crippen LogP contribution in [0.1, 0.15) is 45.4 Å². The Morgan fingerprint density at radius 1 is 1.33 bits per heavy atom. The molecular weight excluding hydrogens is 230 g/mol. The number of nitrogens with zero attached hydrogens (tertiary/aromatic N) is 1. The lowest BCUT2D eigenvalue weighted by atomic mass is 9.92. The number of amides is 1. The predicted octanol–water partition coefficient (Wildman–Crippen LogP) is 2.14. The molecule has 1 heterocycles. The van der Waals surface area contributed by atoms with Gasteiger partial charge in [0, 0.05) is 25.4 Å². The number of rotatable bonds is 5. The maximum atomic E-state index is 12.3. The first kappa shape index (κ1) is 13.4. The minimum atomic E-state index is -0.732. The number of carbonyl (C=O) groups is 2. The number of likely N-dealkylation sites (tertiary alicyclic amines) is 1. The molecular formula is C14H23NO3. The van der Waals surface area contributed by atoms with Gasteiger partial charge in [-0.2, -0.15) is 0 Å². The first-order valence-corrected chi connectivity index (χ1v) is 7.08. The first-order chi connectivity index (χ1) is 8.58. The summed E-state index contributed by atoms with van der Waals surface area (Å²) in [6.07, 6.45) is 5.41. The van der Waals surface area contributed by atoms with Crippen LogP contribution in [0.3, 0.4) is 0 Å². The molecule has 4 heteroatoms. The van der Waals surface area contributed by atoms with E-state index in [2.05, 4.69) is 0 Å². The summed E-state index contributed by atoms with van der Waals surface area (Å²) in [5.74, 6) is 0.715. The smallest absolute Gasteiger partial charge is 0.303 e. The molecule has 2 unspecified atom stereocenters. The van der Waals surface area contributed by atoms with Crippen LogP contribution >= 0.6 is 0 Å². The second-order valence-electron chi connectivity index (χ2n) is 5.85. The standard InChI is InChI=1S/C14H23NO3/c1-10(12-5-6-12)14(18)15-8-2-3-11(9-15)4-7-13(16)17/h10-12H,2-9H2,1H3,(H,16,17). The molecule has 1 saturated heterocycles. The lowest BCUT2D eigenvalue weighted by molar-refractivity contribution is -0.138. The van der Waals surface area contributed by atoms with Crippen molar-refractivity contribution in [1.82, 2.24) is 4.90 Å². The van der Waals surface area contributed by atoms with Gasteiger partial charge in [0.05, 0.1) is 0 Å². The van der Waals surface area contributed by atoms with Crippen molar-refractivity contribution in [3.05, 3.63) is 0 Å². The lowest BCUT2D eigenvalue weighted by Crippen LogP contribution is -2.43. The van der Waals surface area contributed by atoms with E-state index in [-0.39, 0.29) is 18.2 Å². The molecule has 18 heavy (non-hydrogen) atoms. The Morgan fingerprint density at radius 2 is 2.06 bits per heavy atom. The highest BCUT2D eigenvalue weighted by Gasteiger charge is 2.36. The molecule has 1 N–H and O–H groups in total. The highest BCUT2D eigenvalue weighted by Crippen LogP contribution is 2.38. The summed E-state index contributed by atoms with van der Waals surface area (Å²) in [7, 11) is 0. The van der Waals surface area contributed by atoms with Crippen molar-refractivity contribution in [3.63, 3.8) is 0 Å². The maximum absolute atomic E-state index is 12.3. The van der Waals surface area contributed by atoms with Crippen LogP contribution in [0.5, 0.6) is 0 Å². The van der Waals surface area contributed by atoms with Crippen molar-refractivity contribution < 1.29 is 14.7 Å². The van der Waals surface area contributed by atoms with Gasteiger partial charge in [0.25, 0.3) is 0 Å². The highest BCUT2D eigenvalue weighted by atomic mass is 16.4. The van der Waals surface area contributed by atoms with Crippen LogP contribution in [0.25, 0.3) is 0 Å². The van der Waals surface area contributed by atoms with Gasteiger partial charge in [-0.3, -0.25) is 9.59 Å². The number of hydrogen-bond acceptors (Lipinski definition) is 2. The van der Waals surface area contributed by atoms with Crippen molar-refractivity contribution in [2.24, 2.45) is 17.8 Å². The van der Waals surface area contributed by atoms with E-state index in [9.17, 15) is 9.59 Å². The number of carboxylic acids is 1. The maximum Gasteiger partial charge on any atom is 0.303 e. The van der Waals surface area contributed by atoms with E-state index in [1.165, 1.54) is 12.8 Å². The first-order valence-electron chi connectivity index (χ1n) is 7.08. The van der Waals surface area contributed by atoms with E-state index >= 15 is 0 Å². The van der Waals surface area contributed by atoms with E-state index < -0.39 is 5.97 Å². The molecule has 1 aliphatic carbocycles. The number of carboxylic acid groups (broad SMARTS) is 1. The van der Waals surface area contributed by atoms with Gasteiger partial charge in [0.1, 0.15) is 0 Å². The van der Waals surface area contributed by atoms with E-state index in [1.54, 1.807) is 0 Å². The Balaban J connectivity index is 1.81. The van der Waals surface area contributed by atoms with Gasteiger partial charge < -0.3 is 10.0 Å². The Bertz CT molecular complexity index is 325. The molecule has 1 aliphatic heterocycles. The Kier molecular flexibility index (Phi) is 4.25. The van der Waals surface area contributed by atoms with Gasteiger partial charge in [-0.1, -0.05) is 6.92 Å². The number of carbonyl (C=O) groups excluding carboxylic acids is 1. The summed E-state index contributed by atoms with van der Waals surface area (Å²) >= 11 is 0. The fourth-order valence-corrected chi connectivity index (χ4v) is 2.91. The average molecular weight is 253 g/mol. The molecule has 0 bridgehead atoms. The molecule has 1 saturated carbocycles. The van der Waals surface area contributed by atoms with Gasteiger partial charge in [0.2, 0.25) is 5.91 Å². The molecule has 0 aromatic rings. The van der Waals surface area contributed by atoms with Crippen molar-refractivity contribution in [2.45, 2.75) is 45.4 Å². The molecule has 2 aliphatic rings. The third-order valence-electron chi connectivity index (χ3n) is 4.32. The number of hydrogen-bond donors (Lipinski definition) is 1. The predicted molar refractivity (Wildman–Crippen MR) is 68.1 cm³/mol. The van der Waals surface area contributed by atoms with Crippen LogP contribution in [-0.2, 0) is 9.59 Å².